The van der Waals surface area contributed by atoms with Gasteiger partial charge >= 0.3 is 0 Å². The minimum Gasteiger partial charge on any atom is -0.496 e. The Balaban J connectivity index is 1.55. The molecule has 1 heterocycles. The van der Waals surface area contributed by atoms with Gasteiger partial charge in [-0.15, -0.1) is 0 Å². The van der Waals surface area contributed by atoms with Crippen molar-refractivity contribution >= 4 is 50.8 Å². The summed E-state index contributed by atoms with van der Waals surface area (Å²) < 4.78 is 11.6. The largest absolute Gasteiger partial charge is 0.496 e. The second-order valence-electron chi connectivity index (χ2n) is 5.76. The molecule has 1 amide bonds. The number of halogens is 2. The molecule has 0 spiro atoms. The fraction of sp³-hybridized carbons (Fsp3) is 0.100. The number of benzene rings is 2. The van der Waals surface area contributed by atoms with E-state index in [1.807, 2.05) is 24.3 Å². The fourth-order valence-electron chi connectivity index (χ4n) is 2.44. The van der Waals surface area contributed by atoms with E-state index in [1.54, 1.807) is 37.4 Å². The van der Waals surface area contributed by atoms with Gasteiger partial charge in [-0.25, -0.2) is 0 Å². The molecule has 0 radical (unpaired) electrons. The normalized spacial score (nSPS) is 10.4. The minimum absolute atomic E-state index is 0.210. The van der Waals surface area contributed by atoms with E-state index >= 15 is 0 Å². The van der Waals surface area contributed by atoms with Crippen molar-refractivity contribution in [1.29, 1.82) is 0 Å². The number of ether oxygens (including phenoxy) is 1. The van der Waals surface area contributed by atoms with Gasteiger partial charge in [0.1, 0.15) is 17.3 Å². The van der Waals surface area contributed by atoms with Crippen molar-refractivity contribution in [3.63, 3.8) is 0 Å². The van der Waals surface area contributed by atoms with Crippen LogP contribution in [0.5, 0.6) is 5.75 Å². The highest BCUT2D eigenvalue weighted by molar-refractivity contribution is 9.10. The lowest BCUT2D eigenvalue weighted by molar-refractivity contribution is 0.0976. The number of amides is 1. The maximum Gasteiger partial charge on any atom is 0.257 e. The molecule has 1 aromatic heterocycles. The summed E-state index contributed by atoms with van der Waals surface area (Å²) >= 11 is 14.4. The lowest BCUT2D eigenvalue weighted by Gasteiger charge is -2.10. The number of nitrogens with one attached hydrogen (secondary N) is 2. The van der Waals surface area contributed by atoms with Gasteiger partial charge in [-0.05, 0) is 82.7 Å². The van der Waals surface area contributed by atoms with Crippen molar-refractivity contribution in [1.82, 2.24) is 10.6 Å². The molecule has 0 aliphatic carbocycles. The third-order valence-corrected chi connectivity index (χ3v) is 4.97. The zero-order valence-corrected chi connectivity index (χ0v) is 18.0. The third kappa shape index (κ3) is 5.13. The Hall–Kier alpha value is -2.35. The van der Waals surface area contributed by atoms with Gasteiger partial charge in [0.25, 0.3) is 5.91 Å². The molecule has 8 heteroatoms. The molecule has 0 aliphatic heterocycles. The molecular weight excluding hydrogens is 464 g/mol. The van der Waals surface area contributed by atoms with Crippen LogP contribution in [0.4, 0.5) is 0 Å². The Bertz CT molecular complexity index is 1000. The van der Waals surface area contributed by atoms with Gasteiger partial charge in [0, 0.05) is 16.1 Å². The second kappa shape index (κ2) is 9.23. The second-order valence-corrected chi connectivity index (χ2v) is 7.46. The molecule has 2 N–H and O–H groups in total. The van der Waals surface area contributed by atoms with Crippen LogP contribution in [0.1, 0.15) is 16.1 Å². The van der Waals surface area contributed by atoms with Gasteiger partial charge in [0.15, 0.2) is 5.11 Å². The van der Waals surface area contributed by atoms with E-state index in [0.717, 1.165) is 11.3 Å². The van der Waals surface area contributed by atoms with Gasteiger partial charge < -0.3 is 14.5 Å². The number of thiocarbonyl (C=S) groups is 1. The van der Waals surface area contributed by atoms with Gasteiger partial charge in [0.05, 0.1) is 18.1 Å². The van der Waals surface area contributed by atoms with Crippen LogP contribution < -0.4 is 15.4 Å². The van der Waals surface area contributed by atoms with Crippen LogP contribution in [0.2, 0.25) is 5.02 Å². The standard InChI is InChI=1S/C20H16BrClN2O3S/c1-26-18-8-4-13(10-16(18)21)19(25)24-20(28)23-11-15-7-9-17(27-15)12-2-5-14(22)6-3-12/h2-10H,11H2,1H3,(H2,23,24,25,28). The molecule has 144 valence electrons. The molecular formula is C20H16BrClN2O3S. The summed E-state index contributed by atoms with van der Waals surface area (Å²) in [5.74, 6) is 1.74. The van der Waals surface area contributed by atoms with Gasteiger partial charge in [-0.1, -0.05) is 11.6 Å². The van der Waals surface area contributed by atoms with Crippen molar-refractivity contribution < 1.29 is 13.9 Å². The maximum absolute atomic E-state index is 12.3. The van der Waals surface area contributed by atoms with E-state index in [-0.39, 0.29) is 11.0 Å². The van der Waals surface area contributed by atoms with Crippen LogP contribution >= 0.6 is 39.7 Å². The number of carbonyl (C=O) groups is 1. The van der Waals surface area contributed by atoms with Crippen LogP contribution in [-0.4, -0.2) is 18.1 Å². The van der Waals surface area contributed by atoms with E-state index in [2.05, 4.69) is 26.6 Å². The molecule has 0 aliphatic rings. The number of carbonyl (C=O) groups excluding carboxylic acids is 1. The third-order valence-electron chi connectivity index (χ3n) is 3.85. The van der Waals surface area contributed by atoms with Crippen LogP contribution in [0.15, 0.2) is 63.5 Å². The van der Waals surface area contributed by atoms with Gasteiger partial charge in [-0.3, -0.25) is 10.1 Å². The smallest absolute Gasteiger partial charge is 0.257 e. The summed E-state index contributed by atoms with van der Waals surface area (Å²) in [7, 11) is 1.56. The highest BCUT2D eigenvalue weighted by Crippen LogP contribution is 2.25. The van der Waals surface area contributed by atoms with Crippen LogP contribution in [0, 0.1) is 0 Å². The Morgan fingerprint density at radius 1 is 1.18 bits per heavy atom. The first-order chi connectivity index (χ1) is 13.5. The quantitative estimate of drug-likeness (QED) is 0.494. The zero-order chi connectivity index (χ0) is 20.1. The molecule has 5 nitrogen and oxygen atoms in total. The van der Waals surface area contributed by atoms with E-state index in [1.165, 1.54) is 0 Å². The average molecular weight is 480 g/mol. The molecule has 0 saturated heterocycles. The molecule has 28 heavy (non-hydrogen) atoms. The average Bonchev–Trinajstić information content (AvgIpc) is 3.16. The molecule has 3 aromatic rings. The number of hydrogen-bond acceptors (Lipinski definition) is 4. The van der Waals surface area contributed by atoms with E-state index in [9.17, 15) is 4.79 Å². The van der Waals surface area contributed by atoms with Gasteiger partial charge in [-0.2, -0.15) is 0 Å². The molecule has 2 aromatic carbocycles. The SMILES string of the molecule is COc1ccc(C(=O)NC(=S)NCc2ccc(-c3ccc(Cl)cc3)o2)cc1Br. The predicted molar refractivity (Wildman–Crippen MR) is 117 cm³/mol. The highest BCUT2D eigenvalue weighted by Gasteiger charge is 2.11. The maximum atomic E-state index is 12.3. The minimum atomic E-state index is -0.317. The lowest BCUT2D eigenvalue weighted by atomic mass is 10.2. The monoisotopic (exact) mass is 478 g/mol. The summed E-state index contributed by atoms with van der Waals surface area (Å²) in [6, 6.07) is 16.1. The predicted octanol–water partition coefficient (Wildman–Crippen LogP) is 5.18. The van der Waals surface area contributed by atoms with Crippen molar-refractivity contribution in [3.8, 4) is 17.1 Å². The number of furan rings is 1. The first-order valence-electron chi connectivity index (χ1n) is 8.23. The van der Waals surface area contributed by atoms with E-state index < -0.39 is 0 Å². The Morgan fingerprint density at radius 3 is 2.61 bits per heavy atom. The van der Waals surface area contributed by atoms with Crippen molar-refractivity contribution in [2.24, 2.45) is 0 Å². The zero-order valence-electron chi connectivity index (χ0n) is 14.8. The van der Waals surface area contributed by atoms with Crippen molar-refractivity contribution in [2.45, 2.75) is 6.54 Å². The van der Waals surface area contributed by atoms with Crippen molar-refractivity contribution in [3.05, 3.63) is 75.4 Å². The molecule has 0 unspecified atom stereocenters. The topological polar surface area (TPSA) is 63.5 Å². The number of hydrogen-bond donors (Lipinski definition) is 2. The van der Waals surface area contributed by atoms with Crippen LogP contribution in [-0.2, 0) is 6.54 Å². The first-order valence-corrected chi connectivity index (χ1v) is 9.81. The number of methoxy groups -OCH3 is 1. The molecule has 0 fully saturated rings. The lowest BCUT2D eigenvalue weighted by Crippen LogP contribution is -2.38. The summed E-state index contributed by atoms with van der Waals surface area (Å²) in [4.78, 5) is 12.3. The van der Waals surface area contributed by atoms with Crippen LogP contribution in [0.25, 0.3) is 11.3 Å². The Labute approximate surface area is 181 Å². The number of rotatable bonds is 5. The Morgan fingerprint density at radius 2 is 1.93 bits per heavy atom. The molecule has 3 rings (SSSR count). The van der Waals surface area contributed by atoms with E-state index in [0.29, 0.717) is 33.1 Å². The summed E-state index contributed by atoms with van der Waals surface area (Å²) in [6.45, 7) is 0.346. The summed E-state index contributed by atoms with van der Waals surface area (Å²) in [5, 5.41) is 6.48. The first kappa shape index (κ1) is 20.4. The molecule has 0 bridgehead atoms. The summed E-state index contributed by atoms with van der Waals surface area (Å²) in [5.41, 5.74) is 1.39. The Kier molecular flexibility index (Phi) is 6.72. The highest BCUT2D eigenvalue weighted by atomic mass is 79.9. The van der Waals surface area contributed by atoms with Crippen molar-refractivity contribution in [2.75, 3.05) is 7.11 Å². The van der Waals surface area contributed by atoms with Gasteiger partial charge in [0.2, 0.25) is 0 Å². The molecule has 0 saturated carbocycles. The molecule has 0 atom stereocenters. The summed E-state index contributed by atoms with van der Waals surface area (Å²) in [6.07, 6.45) is 0. The fourth-order valence-corrected chi connectivity index (χ4v) is 3.27. The van der Waals surface area contributed by atoms with Crippen LogP contribution in [0.3, 0.4) is 0 Å². The van der Waals surface area contributed by atoms with E-state index in [4.69, 9.17) is 33.0 Å².